The zero-order valence-corrected chi connectivity index (χ0v) is 15.1. The lowest BCUT2D eigenvalue weighted by Gasteiger charge is -2.47. The highest BCUT2D eigenvalue weighted by atomic mass is 32.1. The van der Waals surface area contributed by atoms with Gasteiger partial charge in [-0.3, -0.25) is 4.90 Å². The highest BCUT2D eigenvalue weighted by molar-refractivity contribution is 7.12. The second-order valence-corrected chi connectivity index (χ2v) is 7.66. The molecule has 1 aliphatic heterocycles. The van der Waals surface area contributed by atoms with Crippen molar-refractivity contribution in [2.24, 2.45) is 0 Å². The van der Waals surface area contributed by atoms with Crippen molar-refractivity contribution in [3.63, 3.8) is 0 Å². The zero-order chi connectivity index (χ0) is 15.3. The fourth-order valence-electron chi connectivity index (χ4n) is 3.90. The van der Waals surface area contributed by atoms with E-state index in [1.165, 1.54) is 54.9 Å². The topological polar surface area (TPSA) is 15.3 Å². The van der Waals surface area contributed by atoms with E-state index in [4.69, 9.17) is 0 Å². The molecule has 0 bridgehead atoms. The van der Waals surface area contributed by atoms with Crippen molar-refractivity contribution in [3.05, 3.63) is 21.9 Å². The summed E-state index contributed by atoms with van der Waals surface area (Å²) in [4.78, 5) is 5.72. The Morgan fingerprint density at radius 2 is 1.86 bits per heavy atom. The van der Waals surface area contributed by atoms with Crippen molar-refractivity contribution >= 4 is 11.3 Å². The molecular weight excluding hydrogens is 276 g/mol. The van der Waals surface area contributed by atoms with Crippen molar-refractivity contribution in [3.8, 4) is 0 Å². The molecule has 2 rings (SSSR count). The van der Waals surface area contributed by atoms with Crippen molar-refractivity contribution in [2.75, 3.05) is 19.6 Å². The van der Waals surface area contributed by atoms with E-state index in [0.717, 1.165) is 6.54 Å². The number of aryl methyl sites for hydroxylation is 1. The first-order valence-electron chi connectivity index (χ1n) is 8.72. The van der Waals surface area contributed by atoms with Crippen LogP contribution in [0.2, 0.25) is 0 Å². The third kappa shape index (κ3) is 3.52. The minimum Gasteiger partial charge on any atom is -0.308 e. The van der Waals surface area contributed by atoms with Gasteiger partial charge in [0.05, 0.1) is 6.04 Å². The van der Waals surface area contributed by atoms with Crippen LogP contribution in [0.3, 0.4) is 0 Å². The van der Waals surface area contributed by atoms with Crippen LogP contribution in [0.15, 0.2) is 12.1 Å². The minimum absolute atomic E-state index is 0.281. The lowest BCUT2D eigenvalue weighted by Crippen LogP contribution is -2.55. The summed E-state index contributed by atoms with van der Waals surface area (Å²) in [6.45, 7) is 12.9. The zero-order valence-electron chi connectivity index (χ0n) is 14.2. The molecular formula is C18H32N2S. The Morgan fingerprint density at radius 1 is 1.19 bits per heavy atom. The third-order valence-electron chi connectivity index (χ3n) is 5.14. The molecule has 3 heteroatoms. The molecule has 1 atom stereocenters. The Morgan fingerprint density at radius 3 is 2.33 bits per heavy atom. The Bertz CT molecular complexity index is 417. The minimum atomic E-state index is 0.281. The molecule has 0 spiro atoms. The van der Waals surface area contributed by atoms with Gasteiger partial charge < -0.3 is 5.32 Å². The molecule has 0 radical (unpaired) electrons. The van der Waals surface area contributed by atoms with E-state index in [0.29, 0.717) is 6.04 Å². The Balaban J connectivity index is 2.33. The first-order chi connectivity index (χ1) is 10.2. The van der Waals surface area contributed by atoms with Crippen LogP contribution in [0.1, 0.15) is 68.7 Å². The number of hydrogen-bond acceptors (Lipinski definition) is 3. The molecule has 1 unspecified atom stereocenters. The van der Waals surface area contributed by atoms with Crippen LogP contribution >= 0.6 is 11.3 Å². The Labute approximate surface area is 134 Å². The van der Waals surface area contributed by atoms with Gasteiger partial charge >= 0.3 is 0 Å². The van der Waals surface area contributed by atoms with Gasteiger partial charge in [0, 0.05) is 15.3 Å². The molecule has 2 heterocycles. The van der Waals surface area contributed by atoms with Crippen LogP contribution < -0.4 is 5.32 Å². The van der Waals surface area contributed by atoms with Gasteiger partial charge in [-0.2, -0.15) is 0 Å². The van der Waals surface area contributed by atoms with Crippen LogP contribution in [0.4, 0.5) is 0 Å². The van der Waals surface area contributed by atoms with Crippen LogP contribution in [-0.2, 0) is 0 Å². The maximum absolute atomic E-state index is 3.89. The van der Waals surface area contributed by atoms with Gasteiger partial charge in [0.25, 0.3) is 0 Å². The summed E-state index contributed by atoms with van der Waals surface area (Å²) < 4.78 is 0. The van der Waals surface area contributed by atoms with E-state index in [1.807, 2.05) is 11.3 Å². The number of rotatable bonds is 8. The molecule has 1 aliphatic rings. The lowest BCUT2D eigenvalue weighted by molar-refractivity contribution is 0.0630. The largest absolute Gasteiger partial charge is 0.308 e. The highest BCUT2D eigenvalue weighted by Crippen LogP contribution is 2.41. The van der Waals surface area contributed by atoms with Crippen LogP contribution in [0.25, 0.3) is 0 Å². The van der Waals surface area contributed by atoms with Crippen molar-refractivity contribution in [1.29, 1.82) is 0 Å². The van der Waals surface area contributed by atoms with E-state index in [-0.39, 0.29) is 5.54 Å². The number of hydrogen-bond donors (Lipinski definition) is 1. The number of thiophene rings is 1. The maximum atomic E-state index is 3.89. The van der Waals surface area contributed by atoms with E-state index in [2.05, 4.69) is 50.0 Å². The van der Waals surface area contributed by atoms with E-state index in [1.54, 1.807) is 0 Å². The Kier molecular flexibility index (Phi) is 6.27. The first-order valence-corrected chi connectivity index (χ1v) is 9.54. The lowest BCUT2D eigenvalue weighted by atomic mass is 9.81. The maximum Gasteiger partial charge on any atom is 0.0601 e. The average Bonchev–Trinajstić information content (AvgIpc) is 3.16. The van der Waals surface area contributed by atoms with Crippen LogP contribution in [0.5, 0.6) is 0 Å². The summed E-state index contributed by atoms with van der Waals surface area (Å²) in [5, 5.41) is 3.89. The summed E-state index contributed by atoms with van der Waals surface area (Å²) in [5.74, 6) is 0. The monoisotopic (exact) mass is 308 g/mol. The van der Waals surface area contributed by atoms with Gasteiger partial charge in [0.2, 0.25) is 0 Å². The van der Waals surface area contributed by atoms with Crippen LogP contribution in [0, 0.1) is 6.92 Å². The molecule has 120 valence electrons. The predicted molar refractivity (Wildman–Crippen MR) is 94.2 cm³/mol. The number of nitrogens with zero attached hydrogens (tertiary/aromatic N) is 1. The SMILES string of the molecule is CCCNC(c1ccc(C)s1)C(CC)(CC)N1CCCC1. The van der Waals surface area contributed by atoms with Crippen LogP contribution in [-0.4, -0.2) is 30.1 Å². The second-order valence-electron chi connectivity index (χ2n) is 6.34. The van der Waals surface area contributed by atoms with Gasteiger partial charge in [-0.05, 0) is 70.8 Å². The second kappa shape index (κ2) is 7.75. The smallest absolute Gasteiger partial charge is 0.0601 e. The predicted octanol–water partition coefficient (Wildman–Crippen LogP) is 4.75. The van der Waals surface area contributed by atoms with Crippen molar-refractivity contribution in [2.45, 2.75) is 71.4 Å². The molecule has 1 N–H and O–H groups in total. The Hall–Kier alpha value is -0.380. The van der Waals surface area contributed by atoms with E-state index < -0.39 is 0 Å². The highest BCUT2D eigenvalue weighted by Gasteiger charge is 2.43. The third-order valence-corrected chi connectivity index (χ3v) is 6.21. The molecule has 21 heavy (non-hydrogen) atoms. The summed E-state index contributed by atoms with van der Waals surface area (Å²) in [6.07, 6.45) is 6.38. The molecule has 1 saturated heterocycles. The summed E-state index contributed by atoms with van der Waals surface area (Å²) in [5.41, 5.74) is 0.281. The summed E-state index contributed by atoms with van der Waals surface area (Å²) >= 11 is 1.97. The fourth-order valence-corrected chi connectivity index (χ4v) is 4.97. The molecule has 2 nitrogen and oxygen atoms in total. The first kappa shape index (κ1) is 17.0. The quantitative estimate of drug-likeness (QED) is 0.745. The molecule has 0 aliphatic carbocycles. The van der Waals surface area contributed by atoms with Gasteiger partial charge in [-0.15, -0.1) is 11.3 Å². The van der Waals surface area contributed by atoms with Crippen molar-refractivity contribution < 1.29 is 0 Å². The average molecular weight is 309 g/mol. The molecule has 0 aromatic carbocycles. The number of likely N-dealkylation sites (tertiary alicyclic amines) is 1. The summed E-state index contributed by atoms with van der Waals surface area (Å²) in [7, 11) is 0. The standard InChI is InChI=1S/C18H32N2S/c1-5-12-19-17(16-11-10-15(4)21-16)18(6-2,7-3)20-13-8-9-14-20/h10-11,17,19H,5-9,12-14H2,1-4H3. The summed E-state index contributed by atoms with van der Waals surface area (Å²) in [6, 6.07) is 5.11. The molecule has 1 aromatic rings. The van der Waals surface area contributed by atoms with Gasteiger partial charge in [-0.1, -0.05) is 20.8 Å². The molecule has 1 aromatic heterocycles. The van der Waals surface area contributed by atoms with Gasteiger partial charge in [-0.25, -0.2) is 0 Å². The molecule has 1 fully saturated rings. The van der Waals surface area contributed by atoms with Crippen molar-refractivity contribution in [1.82, 2.24) is 10.2 Å². The molecule has 0 amide bonds. The van der Waals surface area contributed by atoms with Gasteiger partial charge in [0.1, 0.15) is 0 Å². The van der Waals surface area contributed by atoms with E-state index >= 15 is 0 Å². The van der Waals surface area contributed by atoms with E-state index in [9.17, 15) is 0 Å². The normalized spacial score (nSPS) is 18.3. The number of nitrogens with one attached hydrogen (secondary N) is 1. The molecule has 0 saturated carbocycles. The fraction of sp³-hybridized carbons (Fsp3) is 0.778. The van der Waals surface area contributed by atoms with Gasteiger partial charge in [0.15, 0.2) is 0 Å².